The van der Waals surface area contributed by atoms with Crippen molar-refractivity contribution in [2.24, 2.45) is 0 Å². The third-order valence-corrected chi connectivity index (χ3v) is 5.75. The largest absolute Gasteiger partial charge is 0.318 e. The van der Waals surface area contributed by atoms with Gasteiger partial charge in [-0.2, -0.15) is 0 Å². The molecule has 0 saturated carbocycles. The van der Waals surface area contributed by atoms with Gasteiger partial charge in [0.2, 0.25) is 0 Å². The Hall–Kier alpha value is -4.11. The molecule has 0 bridgehead atoms. The summed E-state index contributed by atoms with van der Waals surface area (Å²) in [7, 11) is 0. The quantitative estimate of drug-likeness (QED) is 0.207. The van der Waals surface area contributed by atoms with Crippen LogP contribution in [-0.2, 0) is 9.59 Å². The fourth-order valence-corrected chi connectivity index (χ4v) is 4.10. The normalized spacial score (nSPS) is 15.2. The number of anilines is 1. The van der Waals surface area contributed by atoms with Crippen molar-refractivity contribution < 1.29 is 14.5 Å². The highest BCUT2D eigenvalue weighted by atomic mass is 32.1. The Labute approximate surface area is 195 Å². The van der Waals surface area contributed by atoms with E-state index in [9.17, 15) is 19.7 Å². The van der Waals surface area contributed by atoms with E-state index in [4.69, 9.17) is 12.2 Å². The third kappa shape index (κ3) is 4.06. The van der Waals surface area contributed by atoms with Crippen molar-refractivity contribution >= 4 is 46.6 Å². The average molecular weight is 461 g/mol. The highest BCUT2D eigenvalue weighted by molar-refractivity contribution is 7.80. The van der Waals surface area contributed by atoms with Crippen molar-refractivity contribution in [3.8, 4) is 5.69 Å². The fourth-order valence-electron chi connectivity index (χ4n) is 3.82. The number of nitrogens with one attached hydrogen (secondary N) is 1. The Balaban J connectivity index is 1.76. The number of hydrogen-bond donors (Lipinski definition) is 1. The zero-order chi connectivity index (χ0) is 23.9. The molecule has 0 spiro atoms. The van der Waals surface area contributed by atoms with Crippen LogP contribution in [0.2, 0.25) is 0 Å². The SMILES string of the molecule is Cc1ccc(N2C(=O)/C(=C/c3cc(C)n(-c4cccc([N+](=O)[O-])c4)c3C)C(=O)NC2=S)cc1. The number of non-ortho nitro benzene ring substituents is 1. The van der Waals surface area contributed by atoms with Crippen molar-refractivity contribution in [2.45, 2.75) is 20.8 Å². The van der Waals surface area contributed by atoms with E-state index in [2.05, 4.69) is 5.32 Å². The maximum absolute atomic E-state index is 13.3. The fraction of sp³-hybridized carbons (Fsp3) is 0.125. The van der Waals surface area contributed by atoms with E-state index in [1.165, 1.54) is 23.1 Å². The van der Waals surface area contributed by atoms with Crippen LogP contribution in [0.5, 0.6) is 0 Å². The van der Waals surface area contributed by atoms with E-state index >= 15 is 0 Å². The van der Waals surface area contributed by atoms with E-state index in [1.807, 2.05) is 43.5 Å². The van der Waals surface area contributed by atoms with Crippen molar-refractivity contribution in [3.63, 3.8) is 0 Å². The van der Waals surface area contributed by atoms with E-state index < -0.39 is 16.7 Å². The summed E-state index contributed by atoms with van der Waals surface area (Å²) in [6, 6.07) is 15.4. The standard InChI is InChI=1S/C24H20N4O4S/c1-14-7-9-18(10-8-14)27-23(30)21(22(29)25-24(27)33)12-17-11-15(2)26(16(17)3)19-5-4-6-20(13-19)28(31)32/h4-13H,1-3H3,(H,25,29,33)/b21-12+. The van der Waals surface area contributed by atoms with Crippen LogP contribution in [0, 0.1) is 30.9 Å². The van der Waals surface area contributed by atoms with E-state index in [1.54, 1.807) is 24.3 Å². The zero-order valence-corrected chi connectivity index (χ0v) is 19.0. The number of amides is 2. The number of benzene rings is 2. The summed E-state index contributed by atoms with van der Waals surface area (Å²) in [5.74, 6) is -1.10. The maximum atomic E-state index is 13.3. The van der Waals surface area contributed by atoms with Crippen LogP contribution in [0.25, 0.3) is 11.8 Å². The second-order valence-electron chi connectivity index (χ2n) is 7.73. The van der Waals surface area contributed by atoms with Gasteiger partial charge >= 0.3 is 0 Å². The van der Waals surface area contributed by atoms with Gasteiger partial charge in [0.15, 0.2) is 5.11 Å². The van der Waals surface area contributed by atoms with E-state index in [0.29, 0.717) is 16.9 Å². The molecule has 2 aromatic carbocycles. The lowest BCUT2D eigenvalue weighted by atomic mass is 10.1. The molecular weight excluding hydrogens is 440 g/mol. The van der Waals surface area contributed by atoms with Crippen molar-refractivity contribution in [1.82, 2.24) is 9.88 Å². The minimum absolute atomic E-state index is 0.0214. The number of nitro groups is 1. The smallest absolute Gasteiger partial charge is 0.271 e. The predicted molar refractivity (Wildman–Crippen MR) is 129 cm³/mol. The predicted octanol–water partition coefficient (Wildman–Crippen LogP) is 4.14. The number of carbonyl (C=O) groups is 2. The molecule has 33 heavy (non-hydrogen) atoms. The molecule has 1 N–H and O–H groups in total. The molecule has 166 valence electrons. The minimum Gasteiger partial charge on any atom is -0.318 e. The van der Waals surface area contributed by atoms with Crippen LogP contribution in [0.1, 0.15) is 22.5 Å². The molecule has 1 saturated heterocycles. The van der Waals surface area contributed by atoms with Crippen LogP contribution in [-0.4, -0.2) is 26.4 Å². The number of rotatable bonds is 4. The summed E-state index contributed by atoms with van der Waals surface area (Å²) < 4.78 is 1.84. The number of thiocarbonyl (C=S) groups is 1. The molecule has 8 nitrogen and oxygen atoms in total. The second kappa shape index (κ2) is 8.44. The lowest BCUT2D eigenvalue weighted by Gasteiger charge is -2.29. The molecule has 4 rings (SSSR count). The highest BCUT2D eigenvalue weighted by Gasteiger charge is 2.34. The van der Waals surface area contributed by atoms with Crippen molar-refractivity contribution in [3.05, 3.63) is 92.8 Å². The van der Waals surface area contributed by atoms with Gasteiger partial charge in [-0.25, -0.2) is 0 Å². The van der Waals surface area contributed by atoms with Gasteiger partial charge in [0, 0.05) is 23.5 Å². The summed E-state index contributed by atoms with van der Waals surface area (Å²) in [4.78, 5) is 37.9. The van der Waals surface area contributed by atoms with Gasteiger partial charge in [-0.15, -0.1) is 0 Å². The van der Waals surface area contributed by atoms with Crippen molar-refractivity contribution in [2.75, 3.05) is 4.90 Å². The Morgan fingerprint density at radius 1 is 1.00 bits per heavy atom. The third-order valence-electron chi connectivity index (χ3n) is 5.46. The first-order valence-corrected chi connectivity index (χ1v) is 10.5. The lowest BCUT2D eigenvalue weighted by molar-refractivity contribution is -0.384. The zero-order valence-electron chi connectivity index (χ0n) is 18.2. The number of nitro benzene ring substituents is 1. The molecule has 1 fully saturated rings. The lowest BCUT2D eigenvalue weighted by Crippen LogP contribution is -2.54. The molecule has 2 amide bonds. The van der Waals surface area contributed by atoms with Gasteiger partial charge < -0.3 is 4.57 Å². The summed E-state index contributed by atoms with van der Waals surface area (Å²) in [6.07, 6.45) is 1.52. The van der Waals surface area contributed by atoms with Crippen LogP contribution in [0.3, 0.4) is 0 Å². The summed E-state index contributed by atoms with van der Waals surface area (Å²) in [5.41, 5.74) is 4.31. The van der Waals surface area contributed by atoms with Gasteiger partial charge in [-0.3, -0.25) is 29.9 Å². The van der Waals surface area contributed by atoms with E-state index in [0.717, 1.165) is 17.0 Å². The van der Waals surface area contributed by atoms with E-state index in [-0.39, 0.29) is 16.4 Å². The Morgan fingerprint density at radius 3 is 2.36 bits per heavy atom. The molecule has 3 aromatic rings. The van der Waals surface area contributed by atoms with Gasteiger partial charge in [-0.05, 0) is 68.9 Å². The van der Waals surface area contributed by atoms with Crippen LogP contribution in [0.4, 0.5) is 11.4 Å². The number of aryl methyl sites for hydroxylation is 2. The molecule has 2 heterocycles. The topological polar surface area (TPSA) is 97.5 Å². The van der Waals surface area contributed by atoms with Crippen LogP contribution >= 0.6 is 12.2 Å². The Morgan fingerprint density at radius 2 is 1.70 bits per heavy atom. The number of hydrogen-bond acceptors (Lipinski definition) is 5. The average Bonchev–Trinajstić information content (AvgIpc) is 3.05. The first-order valence-electron chi connectivity index (χ1n) is 10.1. The molecule has 0 radical (unpaired) electrons. The Bertz CT molecular complexity index is 1360. The Kier molecular flexibility index (Phi) is 5.65. The number of nitrogens with zero attached hydrogens (tertiary/aromatic N) is 3. The second-order valence-corrected chi connectivity index (χ2v) is 8.12. The van der Waals surface area contributed by atoms with Crippen LogP contribution < -0.4 is 10.2 Å². The van der Waals surface area contributed by atoms with Gasteiger partial charge in [0.05, 0.1) is 16.3 Å². The summed E-state index contributed by atoms with van der Waals surface area (Å²) in [6.45, 7) is 5.61. The van der Waals surface area contributed by atoms with Crippen molar-refractivity contribution in [1.29, 1.82) is 0 Å². The molecule has 0 atom stereocenters. The first kappa shape index (κ1) is 22.1. The van der Waals surface area contributed by atoms with Gasteiger partial charge in [0.1, 0.15) is 5.57 Å². The molecule has 1 aliphatic rings. The molecule has 9 heteroatoms. The molecule has 0 aliphatic carbocycles. The first-order chi connectivity index (χ1) is 15.7. The molecule has 1 aromatic heterocycles. The number of aromatic nitrogens is 1. The highest BCUT2D eigenvalue weighted by Crippen LogP contribution is 2.27. The molecule has 0 unspecified atom stereocenters. The molecule has 1 aliphatic heterocycles. The summed E-state index contributed by atoms with van der Waals surface area (Å²) >= 11 is 5.25. The molecular formula is C24H20N4O4S. The van der Waals surface area contributed by atoms with Gasteiger partial charge in [0.25, 0.3) is 17.5 Å². The maximum Gasteiger partial charge on any atom is 0.271 e. The van der Waals surface area contributed by atoms with Gasteiger partial charge in [-0.1, -0.05) is 23.8 Å². The number of carbonyl (C=O) groups excluding carboxylic acids is 2. The monoisotopic (exact) mass is 460 g/mol. The summed E-state index contributed by atoms with van der Waals surface area (Å²) in [5, 5.41) is 13.8. The minimum atomic E-state index is -0.575. The van der Waals surface area contributed by atoms with Crippen LogP contribution in [0.15, 0.2) is 60.2 Å².